The molecule has 2 aliphatic heterocycles. The number of nitrogen functional groups attached to an aromatic ring is 1. The Hall–Kier alpha value is -1.75. The number of carbonyl (C=O) groups excluding carboxylic acids is 1. The molecular weight excluding hydrogens is 246 g/mol. The highest BCUT2D eigenvalue weighted by atomic mass is 32.2. The van der Waals surface area contributed by atoms with Crippen molar-refractivity contribution in [2.75, 3.05) is 24.6 Å². The number of allylic oxidation sites excluding steroid dienone is 1. The molecule has 0 spiro atoms. The van der Waals surface area contributed by atoms with Crippen LogP contribution in [0, 0.1) is 0 Å². The van der Waals surface area contributed by atoms with Crippen LogP contribution in [0.3, 0.4) is 0 Å². The second kappa shape index (κ2) is 4.49. The molecule has 18 heavy (non-hydrogen) atoms. The summed E-state index contributed by atoms with van der Waals surface area (Å²) in [6.45, 7) is 1.71. The molecule has 0 atom stereocenters. The number of nitrogens with zero attached hydrogens (tertiary/aromatic N) is 2. The van der Waals surface area contributed by atoms with Crippen LogP contribution < -0.4 is 5.73 Å². The molecule has 1 saturated heterocycles. The van der Waals surface area contributed by atoms with Crippen molar-refractivity contribution in [1.29, 1.82) is 0 Å². The molecule has 1 aromatic rings. The van der Waals surface area contributed by atoms with Crippen LogP contribution in [0.1, 0.15) is 10.4 Å². The Kier molecular flexibility index (Phi) is 2.83. The summed E-state index contributed by atoms with van der Waals surface area (Å²) in [4.78, 5) is 18.6. The number of fused-ring (bicyclic) bond motifs is 1. The van der Waals surface area contributed by atoms with Crippen LogP contribution in [0.4, 0.5) is 5.69 Å². The summed E-state index contributed by atoms with van der Waals surface area (Å²) in [7, 11) is 0. The van der Waals surface area contributed by atoms with E-state index in [1.165, 1.54) is 0 Å². The van der Waals surface area contributed by atoms with Gasteiger partial charge in [0.1, 0.15) is 0 Å². The Balaban J connectivity index is 1.84. The van der Waals surface area contributed by atoms with Crippen LogP contribution in [0.15, 0.2) is 41.0 Å². The molecule has 0 unspecified atom stereocenters. The van der Waals surface area contributed by atoms with Crippen molar-refractivity contribution < 1.29 is 4.79 Å². The zero-order valence-corrected chi connectivity index (χ0v) is 10.6. The second-order valence-electron chi connectivity index (χ2n) is 4.23. The van der Waals surface area contributed by atoms with Crippen molar-refractivity contribution in [3.05, 3.63) is 41.6 Å². The third-order valence-corrected chi connectivity index (χ3v) is 4.01. The maximum absolute atomic E-state index is 12.1. The number of hydrogen-bond acceptors (Lipinski definition) is 5. The Bertz CT molecular complexity index is 565. The minimum Gasteiger partial charge on any atom is -0.399 e. The number of aliphatic imine (C=N–C) groups is 1. The standard InChI is InChI=1S/C13H13N3OS/c14-10-3-1-2-9(6-10)12(17)7-11-8-18-13-15-4-5-16(11)13/h1-3,6-7H,4-5,8,14H2/b11-7+. The Morgan fingerprint density at radius 2 is 2.39 bits per heavy atom. The first-order valence-electron chi connectivity index (χ1n) is 5.79. The first-order valence-corrected chi connectivity index (χ1v) is 6.78. The minimum atomic E-state index is 0.00560. The predicted octanol–water partition coefficient (Wildman–Crippen LogP) is 1.75. The number of anilines is 1. The lowest BCUT2D eigenvalue weighted by molar-refractivity contribution is 0.104. The highest BCUT2D eigenvalue weighted by Crippen LogP contribution is 2.29. The summed E-state index contributed by atoms with van der Waals surface area (Å²) >= 11 is 1.69. The molecule has 1 aromatic carbocycles. The van der Waals surface area contributed by atoms with Gasteiger partial charge >= 0.3 is 0 Å². The average Bonchev–Trinajstić information content (AvgIpc) is 2.94. The molecule has 3 rings (SSSR count). The third kappa shape index (κ3) is 2.01. The van der Waals surface area contributed by atoms with Crippen LogP contribution in [0.25, 0.3) is 0 Å². The maximum atomic E-state index is 12.1. The highest BCUT2D eigenvalue weighted by molar-refractivity contribution is 8.14. The highest BCUT2D eigenvalue weighted by Gasteiger charge is 2.28. The van der Waals surface area contributed by atoms with Crippen molar-refractivity contribution in [1.82, 2.24) is 4.90 Å². The fraction of sp³-hybridized carbons (Fsp3) is 0.231. The van der Waals surface area contributed by atoms with Gasteiger partial charge in [0, 0.05) is 35.3 Å². The topological polar surface area (TPSA) is 58.7 Å². The maximum Gasteiger partial charge on any atom is 0.187 e. The normalized spacial score (nSPS) is 20.1. The van der Waals surface area contributed by atoms with E-state index in [9.17, 15) is 4.79 Å². The molecule has 0 radical (unpaired) electrons. The molecule has 0 aliphatic carbocycles. The van der Waals surface area contributed by atoms with Crippen molar-refractivity contribution in [2.45, 2.75) is 0 Å². The quantitative estimate of drug-likeness (QED) is 0.499. The third-order valence-electron chi connectivity index (χ3n) is 2.97. The van der Waals surface area contributed by atoms with Gasteiger partial charge in [0.05, 0.1) is 6.54 Å². The van der Waals surface area contributed by atoms with E-state index in [1.807, 2.05) is 0 Å². The molecule has 0 aromatic heterocycles. The van der Waals surface area contributed by atoms with E-state index < -0.39 is 0 Å². The van der Waals surface area contributed by atoms with Crippen molar-refractivity contribution in [3.63, 3.8) is 0 Å². The molecule has 4 nitrogen and oxygen atoms in total. The van der Waals surface area contributed by atoms with E-state index >= 15 is 0 Å². The lowest BCUT2D eigenvalue weighted by Crippen LogP contribution is -2.20. The van der Waals surface area contributed by atoms with Gasteiger partial charge in [-0.1, -0.05) is 23.9 Å². The van der Waals surface area contributed by atoms with Gasteiger partial charge in [-0.3, -0.25) is 9.79 Å². The van der Waals surface area contributed by atoms with Gasteiger partial charge in [0.25, 0.3) is 0 Å². The summed E-state index contributed by atoms with van der Waals surface area (Å²) in [5, 5.41) is 1.04. The number of thioether (sulfide) groups is 1. The van der Waals surface area contributed by atoms with Gasteiger partial charge in [-0.25, -0.2) is 0 Å². The molecule has 2 N–H and O–H groups in total. The van der Waals surface area contributed by atoms with E-state index in [4.69, 9.17) is 5.73 Å². The summed E-state index contributed by atoms with van der Waals surface area (Å²) in [5.41, 5.74) is 7.98. The van der Waals surface area contributed by atoms with Crippen molar-refractivity contribution in [2.24, 2.45) is 4.99 Å². The summed E-state index contributed by atoms with van der Waals surface area (Å²) in [5.74, 6) is 0.832. The minimum absolute atomic E-state index is 0.00560. The Labute approximate surface area is 110 Å². The fourth-order valence-corrected chi connectivity index (χ4v) is 3.14. The number of carbonyl (C=O) groups is 1. The monoisotopic (exact) mass is 259 g/mol. The molecule has 92 valence electrons. The van der Waals surface area contributed by atoms with E-state index in [2.05, 4.69) is 9.89 Å². The van der Waals surface area contributed by atoms with Crippen LogP contribution >= 0.6 is 11.8 Å². The van der Waals surface area contributed by atoms with Gasteiger partial charge in [-0.15, -0.1) is 0 Å². The van der Waals surface area contributed by atoms with E-state index in [0.29, 0.717) is 11.3 Å². The van der Waals surface area contributed by atoms with Crippen LogP contribution in [0.5, 0.6) is 0 Å². The van der Waals surface area contributed by atoms with Crippen LogP contribution in [-0.4, -0.2) is 34.7 Å². The van der Waals surface area contributed by atoms with Gasteiger partial charge < -0.3 is 10.6 Å². The number of benzene rings is 1. The predicted molar refractivity (Wildman–Crippen MR) is 74.7 cm³/mol. The van der Waals surface area contributed by atoms with E-state index in [1.54, 1.807) is 42.1 Å². The Morgan fingerprint density at radius 3 is 3.22 bits per heavy atom. The smallest absolute Gasteiger partial charge is 0.187 e. The largest absolute Gasteiger partial charge is 0.399 e. The molecule has 1 fully saturated rings. The Morgan fingerprint density at radius 1 is 1.50 bits per heavy atom. The lowest BCUT2D eigenvalue weighted by Gasteiger charge is -2.12. The van der Waals surface area contributed by atoms with Gasteiger partial charge in [0.2, 0.25) is 0 Å². The molecule has 0 bridgehead atoms. The van der Waals surface area contributed by atoms with E-state index in [0.717, 1.165) is 29.7 Å². The summed E-state index contributed by atoms with van der Waals surface area (Å²) in [6, 6.07) is 7.07. The molecule has 5 heteroatoms. The van der Waals surface area contributed by atoms with Gasteiger partial charge in [0.15, 0.2) is 11.0 Å². The zero-order chi connectivity index (χ0) is 12.5. The SMILES string of the molecule is Nc1cccc(C(=O)/C=C2\CSC3=NCCN32)c1. The fourth-order valence-electron chi connectivity index (χ4n) is 2.08. The number of rotatable bonds is 2. The molecular formula is C13H13N3OS. The average molecular weight is 259 g/mol. The summed E-state index contributed by atoms with van der Waals surface area (Å²) < 4.78 is 0. The lowest BCUT2D eigenvalue weighted by atomic mass is 10.1. The van der Waals surface area contributed by atoms with E-state index in [-0.39, 0.29) is 5.78 Å². The first kappa shape index (κ1) is 11.3. The second-order valence-corrected chi connectivity index (χ2v) is 5.17. The summed E-state index contributed by atoms with van der Waals surface area (Å²) in [6.07, 6.45) is 1.70. The van der Waals surface area contributed by atoms with Gasteiger partial charge in [-0.2, -0.15) is 0 Å². The molecule has 0 saturated carbocycles. The molecule has 2 heterocycles. The van der Waals surface area contributed by atoms with Crippen molar-refractivity contribution in [3.8, 4) is 0 Å². The van der Waals surface area contributed by atoms with Crippen LogP contribution in [0.2, 0.25) is 0 Å². The first-order chi connectivity index (χ1) is 8.74. The van der Waals surface area contributed by atoms with Crippen molar-refractivity contribution >= 4 is 28.4 Å². The number of hydrogen-bond donors (Lipinski definition) is 1. The molecule has 2 aliphatic rings. The van der Waals surface area contributed by atoms with Crippen LogP contribution in [-0.2, 0) is 0 Å². The number of amidine groups is 1. The number of ketones is 1. The molecule has 0 amide bonds. The zero-order valence-electron chi connectivity index (χ0n) is 9.80. The van der Waals surface area contributed by atoms with Gasteiger partial charge in [-0.05, 0) is 12.1 Å². The number of nitrogens with two attached hydrogens (primary N) is 1.